The highest BCUT2D eigenvalue weighted by atomic mass is 32.1. The Hall–Kier alpha value is -0.940. The number of carbonyl (C=O) groups is 1. The zero-order valence-corrected chi connectivity index (χ0v) is 12.2. The summed E-state index contributed by atoms with van der Waals surface area (Å²) in [7, 11) is 0. The molecule has 5 heteroatoms. The molecule has 2 atom stereocenters. The second kappa shape index (κ2) is 5.59. The van der Waals surface area contributed by atoms with Crippen LogP contribution in [-0.2, 0) is 0 Å². The highest BCUT2D eigenvalue weighted by Crippen LogP contribution is 2.27. The molecule has 0 radical (unpaired) electrons. The average Bonchev–Trinajstić information content (AvgIpc) is 3.09. The number of piperidine rings is 1. The Morgan fingerprint density at radius 3 is 3.00 bits per heavy atom. The van der Waals surface area contributed by atoms with Crippen molar-refractivity contribution in [3.05, 3.63) is 16.1 Å². The van der Waals surface area contributed by atoms with Crippen molar-refractivity contribution in [2.45, 2.75) is 51.1 Å². The number of thiazole rings is 1. The SMILES string of the molecule is Cc1ncsc1C(=O)N1CCCCC1C1CCCN1. The molecule has 1 amide bonds. The number of rotatable bonds is 2. The van der Waals surface area contributed by atoms with Gasteiger partial charge in [0.15, 0.2) is 0 Å². The summed E-state index contributed by atoms with van der Waals surface area (Å²) in [5, 5.41) is 3.56. The lowest BCUT2D eigenvalue weighted by Gasteiger charge is -2.39. The first kappa shape index (κ1) is 13.1. The van der Waals surface area contributed by atoms with Crippen LogP contribution in [0.15, 0.2) is 5.51 Å². The van der Waals surface area contributed by atoms with Gasteiger partial charge in [-0.2, -0.15) is 0 Å². The van der Waals surface area contributed by atoms with Crippen LogP contribution in [-0.4, -0.2) is 41.0 Å². The molecule has 4 nitrogen and oxygen atoms in total. The second-order valence-corrected chi connectivity index (χ2v) is 6.39. The lowest BCUT2D eigenvalue weighted by Crippen LogP contribution is -2.52. The minimum absolute atomic E-state index is 0.193. The van der Waals surface area contributed by atoms with Crippen LogP contribution in [0.25, 0.3) is 0 Å². The predicted octanol–water partition coefficient (Wildman–Crippen LogP) is 2.20. The Labute approximate surface area is 118 Å². The quantitative estimate of drug-likeness (QED) is 0.902. The molecule has 2 aliphatic heterocycles. The number of carbonyl (C=O) groups excluding carboxylic acids is 1. The van der Waals surface area contributed by atoms with Gasteiger partial charge in [0, 0.05) is 18.6 Å². The molecule has 2 unspecified atom stereocenters. The highest BCUT2D eigenvalue weighted by molar-refractivity contribution is 7.11. The van der Waals surface area contributed by atoms with Crippen molar-refractivity contribution in [3.63, 3.8) is 0 Å². The zero-order valence-electron chi connectivity index (χ0n) is 11.4. The summed E-state index contributed by atoms with van der Waals surface area (Å²) < 4.78 is 0. The molecule has 3 rings (SSSR count). The van der Waals surface area contributed by atoms with Crippen LogP contribution in [0, 0.1) is 6.92 Å². The van der Waals surface area contributed by atoms with Gasteiger partial charge >= 0.3 is 0 Å². The summed E-state index contributed by atoms with van der Waals surface area (Å²) in [4.78, 5) is 19.9. The molecule has 0 saturated carbocycles. The van der Waals surface area contributed by atoms with Crippen molar-refractivity contribution in [2.75, 3.05) is 13.1 Å². The van der Waals surface area contributed by atoms with E-state index >= 15 is 0 Å². The number of hydrogen-bond acceptors (Lipinski definition) is 4. The van der Waals surface area contributed by atoms with E-state index in [0.29, 0.717) is 12.1 Å². The molecule has 1 aromatic rings. The van der Waals surface area contributed by atoms with E-state index in [1.54, 1.807) is 5.51 Å². The Morgan fingerprint density at radius 1 is 1.42 bits per heavy atom. The fourth-order valence-corrected chi connectivity index (χ4v) is 4.06. The Bertz CT molecular complexity index is 453. The monoisotopic (exact) mass is 279 g/mol. The average molecular weight is 279 g/mol. The van der Waals surface area contributed by atoms with E-state index in [9.17, 15) is 4.79 Å². The van der Waals surface area contributed by atoms with Crippen LogP contribution in [0.1, 0.15) is 47.5 Å². The molecule has 2 saturated heterocycles. The fourth-order valence-electron chi connectivity index (χ4n) is 3.31. The van der Waals surface area contributed by atoms with Crippen LogP contribution >= 0.6 is 11.3 Å². The summed E-state index contributed by atoms with van der Waals surface area (Å²) >= 11 is 1.47. The van der Waals surface area contributed by atoms with Crippen LogP contribution in [0.4, 0.5) is 0 Å². The number of likely N-dealkylation sites (tertiary alicyclic amines) is 1. The minimum atomic E-state index is 0.193. The predicted molar refractivity (Wildman–Crippen MR) is 76.6 cm³/mol. The molecule has 0 aromatic carbocycles. The summed E-state index contributed by atoms with van der Waals surface area (Å²) in [6, 6.07) is 0.878. The summed E-state index contributed by atoms with van der Waals surface area (Å²) in [6.45, 7) is 3.93. The number of nitrogens with one attached hydrogen (secondary N) is 1. The molecule has 3 heterocycles. The molecule has 104 valence electrons. The van der Waals surface area contributed by atoms with Gasteiger partial charge in [-0.1, -0.05) is 0 Å². The molecule has 2 fully saturated rings. The van der Waals surface area contributed by atoms with Gasteiger partial charge < -0.3 is 10.2 Å². The molecule has 0 spiro atoms. The van der Waals surface area contributed by atoms with Gasteiger partial charge in [0.1, 0.15) is 4.88 Å². The Morgan fingerprint density at radius 2 is 2.32 bits per heavy atom. The molecule has 1 aromatic heterocycles. The van der Waals surface area contributed by atoms with E-state index < -0.39 is 0 Å². The van der Waals surface area contributed by atoms with Gasteiger partial charge in [-0.05, 0) is 45.6 Å². The van der Waals surface area contributed by atoms with Crippen molar-refractivity contribution in [3.8, 4) is 0 Å². The minimum Gasteiger partial charge on any atom is -0.333 e. The van der Waals surface area contributed by atoms with E-state index in [2.05, 4.69) is 15.2 Å². The summed E-state index contributed by atoms with van der Waals surface area (Å²) in [5.41, 5.74) is 2.65. The summed E-state index contributed by atoms with van der Waals surface area (Å²) in [5.74, 6) is 0.193. The first-order valence-corrected chi connectivity index (χ1v) is 8.10. The Balaban J connectivity index is 1.80. The third-order valence-electron chi connectivity index (χ3n) is 4.31. The van der Waals surface area contributed by atoms with Gasteiger partial charge in [0.05, 0.1) is 11.2 Å². The normalized spacial score (nSPS) is 27.7. The largest absolute Gasteiger partial charge is 0.333 e. The fraction of sp³-hybridized carbons (Fsp3) is 0.714. The van der Waals surface area contributed by atoms with Crippen molar-refractivity contribution in [2.24, 2.45) is 0 Å². The van der Waals surface area contributed by atoms with Gasteiger partial charge in [-0.15, -0.1) is 11.3 Å². The van der Waals surface area contributed by atoms with Gasteiger partial charge in [0.2, 0.25) is 0 Å². The van der Waals surface area contributed by atoms with Crippen molar-refractivity contribution < 1.29 is 4.79 Å². The molecule has 0 bridgehead atoms. The number of amides is 1. The number of nitrogens with zero attached hydrogens (tertiary/aromatic N) is 2. The molecular weight excluding hydrogens is 258 g/mol. The number of aryl methyl sites for hydroxylation is 1. The van der Waals surface area contributed by atoms with Crippen LogP contribution in [0.3, 0.4) is 0 Å². The van der Waals surface area contributed by atoms with E-state index in [1.165, 1.54) is 30.6 Å². The lowest BCUT2D eigenvalue weighted by molar-refractivity contribution is 0.0567. The third-order valence-corrected chi connectivity index (χ3v) is 5.23. The summed E-state index contributed by atoms with van der Waals surface area (Å²) in [6.07, 6.45) is 5.96. The molecule has 1 N–H and O–H groups in total. The van der Waals surface area contributed by atoms with Crippen molar-refractivity contribution >= 4 is 17.2 Å². The second-order valence-electron chi connectivity index (χ2n) is 5.53. The topological polar surface area (TPSA) is 45.2 Å². The van der Waals surface area contributed by atoms with E-state index in [-0.39, 0.29) is 5.91 Å². The maximum atomic E-state index is 12.7. The van der Waals surface area contributed by atoms with E-state index in [0.717, 1.165) is 36.5 Å². The lowest BCUT2D eigenvalue weighted by atomic mass is 9.94. The van der Waals surface area contributed by atoms with Crippen LogP contribution in [0.2, 0.25) is 0 Å². The van der Waals surface area contributed by atoms with Gasteiger partial charge in [0.25, 0.3) is 5.91 Å². The number of aromatic nitrogens is 1. The molecular formula is C14H21N3OS. The molecule has 0 aliphatic carbocycles. The van der Waals surface area contributed by atoms with Crippen LogP contribution in [0.5, 0.6) is 0 Å². The first-order chi connectivity index (χ1) is 9.27. The first-order valence-electron chi connectivity index (χ1n) is 7.22. The van der Waals surface area contributed by atoms with E-state index in [4.69, 9.17) is 0 Å². The van der Waals surface area contributed by atoms with Crippen molar-refractivity contribution in [1.82, 2.24) is 15.2 Å². The van der Waals surface area contributed by atoms with Crippen LogP contribution < -0.4 is 5.32 Å². The molecule has 2 aliphatic rings. The zero-order chi connectivity index (χ0) is 13.2. The number of hydrogen-bond donors (Lipinski definition) is 1. The highest BCUT2D eigenvalue weighted by Gasteiger charge is 2.35. The maximum absolute atomic E-state index is 12.7. The maximum Gasteiger partial charge on any atom is 0.266 e. The van der Waals surface area contributed by atoms with E-state index in [1.807, 2.05) is 6.92 Å². The molecule has 19 heavy (non-hydrogen) atoms. The van der Waals surface area contributed by atoms with Gasteiger partial charge in [-0.3, -0.25) is 4.79 Å². The smallest absolute Gasteiger partial charge is 0.266 e. The Kier molecular flexibility index (Phi) is 3.84. The standard InChI is InChI=1S/C14H21N3OS/c1-10-13(19-9-16-10)14(18)17-8-3-2-6-12(17)11-5-4-7-15-11/h9,11-12,15H,2-8H2,1H3. The third kappa shape index (κ3) is 2.54. The van der Waals surface area contributed by atoms with Crippen molar-refractivity contribution in [1.29, 1.82) is 0 Å². The van der Waals surface area contributed by atoms with Gasteiger partial charge in [-0.25, -0.2) is 4.98 Å².